The van der Waals surface area contributed by atoms with Gasteiger partial charge in [-0.05, 0) is 77.8 Å². The summed E-state index contributed by atoms with van der Waals surface area (Å²) in [6, 6.07) is 23.5. The van der Waals surface area contributed by atoms with Crippen LogP contribution in [0.1, 0.15) is 21.5 Å². The van der Waals surface area contributed by atoms with Crippen LogP contribution >= 0.6 is 35.7 Å². The van der Waals surface area contributed by atoms with E-state index in [1.165, 1.54) is 48.0 Å². The first kappa shape index (κ1) is 54.8. The zero-order valence-corrected chi connectivity index (χ0v) is 45.8. The summed E-state index contributed by atoms with van der Waals surface area (Å²) >= 11 is 7.16. The zero-order valence-electron chi connectivity index (χ0n) is 35.8. The molecule has 0 radical (unpaired) electrons. The topological polar surface area (TPSA) is 313 Å². The average Bonchev–Trinajstić information content (AvgIpc) is 3.28. The summed E-state index contributed by atoms with van der Waals surface area (Å²) in [5.41, 5.74) is 1.29. The van der Waals surface area contributed by atoms with E-state index in [1.54, 1.807) is 48.5 Å². The Balaban J connectivity index is 0.00000261. The molecule has 0 bridgehead atoms. The van der Waals surface area contributed by atoms with Gasteiger partial charge in [-0.1, -0.05) is 36.4 Å². The number of fused-ring (bicyclic) bond motifs is 3. The van der Waals surface area contributed by atoms with Gasteiger partial charge in [0.2, 0.25) is 17.2 Å². The molecule has 3 heterocycles. The van der Waals surface area contributed by atoms with Crippen molar-refractivity contribution in [2.24, 2.45) is 12.0 Å². The van der Waals surface area contributed by atoms with Crippen LogP contribution in [-0.2, 0) is 45.9 Å². The van der Waals surface area contributed by atoms with Crippen molar-refractivity contribution in [2.75, 3.05) is 16.0 Å². The van der Waals surface area contributed by atoms with Gasteiger partial charge in [0.15, 0.2) is 11.6 Å². The van der Waals surface area contributed by atoms with E-state index >= 15 is 0 Å². The Morgan fingerprint density at radius 1 is 0.725 bits per heavy atom. The van der Waals surface area contributed by atoms with Crippen molar-refractivity contribution in [1.29, 1.82) is 0 Å². The third kappa shape index (κ3) is 11.1. The number of benzene rings is 5. The maximum Gasteiger partial charge on any atom is 1.00 e. The number of carbonyl (C=O) groups excluding carboxylic acids is 1. The molecule has 336 valence electrons. The second kappa shape index (κ2) is 22.5. The van der Waals surface area contributed by atoms with Gasteiger partial charge in [0.05, 0.1) is 78.2 Å². The Morgan fingerprint density at radius 3 is 2.03 bits per heavy atom. The average molecular weight is 1060 g/mol. The summed E-state index contributed by atoms with van der Waals surface area (Å²) in [4.78, 5) is 45.6. The predicted molar refractivity (Wildman–Crippen MR) is 233 cm³/mol. The fourth-order valence-corrected chi connectivity index (χ4v) is 9.94. The molecule has 0 atom stereocenters. The van der Waals surface area contributed by atoms with Gasteiger partial charge in [-0.15, -0.1) is 0 Å². The normalized spacial score (nSPS) is 13.1. The summed E-state index contributed by atoms with van der Waals surface area (Å²) in [6.07, 6.45) is 0. The van der Waals surface area contributed by atoms with Crippen molar-refractivity contribution < 1.29 is 144 Å². The second-order valence-electron chi connectivity index (χ2n) is 13.8. The molecule has 4 N–H and O–H groups in total. The standard InChI is InChI=1S/C39H26ClN9O13S4.3Na/c1-49-26-13-12-23(31-32(26)30(20-6-2-3-7-21(20)34(31)50)33(36(49)51)35-43-22-8-4-5-9-29(22)65(54,55)48-35)42-24-16-18(10-14-27(24)63-61-59-52)41-38-45-37(40)46-39(47-38)44-25-17-19(66(56,57)58)11-15-28(25)64-62-60-53;;;/h2-17,42,52-53H,1H3,(H,43,48)(H,56,57,58)(H2,41,44,45,46,47);;;/q;3*+1/p-3. The number of pyridine rings is 1. The van der Waals surface area contributed by atoms with Gasteiger partial charge in [-0.2, -0.15) is 23.6 Å². The molecule has 0 spiro atoms. The van der Waals surface area contributed by atoms with E-state index in [2.05, 4.69) is 59.4 Å². The van der Waals surface area contributed by atoms with E-state index in [1.807, 2.05) is 0 Å². The van der Waals surface area contributed by atoms with Crippen molar-refractivity contribution in [3.63, 3.8) is 0 Å². The van der Waals surface area contributed by atoms with Gasteiger partial charge >= 0.3 is 88.7 Å². The Kier molecular flexibility index (Phi) is 17.9. The minimum atomic E-state index is -4.93. The summed E-state index contributed by atoms with van der Waals surface area (Å²) in [5, 5.41) is 37.3. The van der Waals surface area contributed by atoms with E-state index in [4.69, 9.17) is 11.6 Å². The van der Waals surface area contributed by atoms with Gasteiger partial charge < -0.3 is 35.6 Å². The maximum absolute atomic E-state index is 14.7. The molecular weight excluding hydrogens is 1040 g/mol. The molecule has 0 saturated heterocycles. The van der Waals surface area contributed by atoms with Crippen LogP contribution in [0.5, 0.6) is 0 Å². The second-order valence-corrected chi connectivity index (χ2v) is 18.6. The third-order valence-electron chi connectivity index (χ3n) is 9.99. The number of hydrogen-bond acceptors (Lipinski definition) is 22. The number of nitrogens with zero attached hydrogens (tertiary/aromatic N) is 5. The number of nitrogens with one attached hydrogen (secondary N) is 4. The van der Waals surface area contributed by atoms with Crippen LogP contribution in [0.2, 0.25) is 5.28 Å². The number of aliphatic imine (C=N–C) groups is 1. The molecule has 1 aliphatic carbocycles. The number of ketones is 1. The fraction of sp³-hybridized carbons (Fsp3) is 0.0256. The number of para-hydroxylation sites is 1. The molecule has 1 aliphatic heterocycles. The minimum Gasteiger partial charge on any atom is -0.744 e. The van der Waals surface area contributed by atoms with Gasteiger partial charge in [0, 0.05) is 29.2 Å². The van der Waals surface area contributed by atoms with Crippen LogP contribution in [0.3, 0.4) is 0 Å². The number of hydrogen-bond donors (Lipinski definition) is 4. The SMILES string of the molecule is Cn1c(=O)c(C2=Nc3ccccc3S(=O)(=O)N2)c2c3c(c(Nc4cc(Nc5nc(Cl)nc(Nc6cc(S(=O)(=O)[O-])ccc6SOO[O-])n5)ccc4SOO[O-])ccc31)C(=O)c1ccccc1-2.[Na+].[Na+].[Na+]. The van der Waals surface area contributed by atoms with Crippen LogP contribution in [0, 0.1) is 0 Å². The molecule has 0 amide bonds. The molecular formula is C39H23ClN9Na3O13S4. The molecule has 0 saturated carbocycles. The van der Waals surface area contributed by atoms with Crippen molar-refractivity contribution >= 4 is 119 Å². The quantitative estimate of drug-likeness (QED) is 0.0263. The van der Waals surface area contributed by atoms with Crippen LogP contribution < -0.4 is 125 Å². The minimum absolute atomic E-state index is 0. The molecule has 22 nitrogen and oxygen atoms in total. The molecule has 0 fully saturated rings. The molecule has 5 aromatic carbocycles. The largest absolute Gasteiger partial charge is 1.00 e. The Labute approximate surface area is 469 Å². The summed E-state index contributed by atoms with van der Waals surface area (Å²) in [7, 11) is -7.62. The van der Waals surface area contributed by atoms with E-state index in [-0.39, 0.29) is 177 Å². The van der Waals surface area contributed by atoms with Gasteiger partial charge in [-0.3, -0.25) is 24.4 Å². The van der Waals surface area contributed by atoms with Crippen molar-refractivity contribution in [3.05, 3.63) is 129 Å². The fourth-order valence-electron chi connectivity index (χ4n) is 7.28. The van der Waals surface area contributed by atoms with Crippen LogP contribution in [0.15, 0.2) is 126 Å². The van der Waals surface area contributed by atoms with Crippen LogP contribution in [0.4, 0.5) is 40.3 Å². The number of carbonyl (C=O) groups is 1. The van der Waals surface area contributed by atoms with Crippen molar-refractivity contribution in [2.45, 2.75) is 19.6 Å². The number of rotatable bonds is 14. The van der Waals surface area contributed by atoms with Gasteiger partial charge in [0.25, 0.3) is 15.6 Å². The molecule has 30 heteroatoms. The molecule has 0 unspecified atom stereocenters. The van der Waals surface area contributed by atoms with E-state index < -0.39 is 36.4 Å². The van der Waals surface area contributed by atoms with E-state index in [9.17, 15) is 41.5 Å². The number of anilines is 6. The number of aromatic nitrogens is 4. The maximum atomic E-state index is 14.7. The first-order valence-corrected chi connectivity index (χ1v) is 23.2. The molecule has 69 heavy (non-hydrogen) atoms. The van der Waals surface area contributed by atoms with Crippen LogP contribution in [0.25, 0.3) is 22.0 Å². The predicted octanol–water partition coefficient (Wildman–Crippen LogP) is -4.43. The Hall–Kier alpha value is -3.53. The molecule has 2 aliphatic rings. The van der Waals surface area contributed by atoms with Crippen molar-refractivity contribution in [3.8, 4) is 11.1 Å². The molecule has 7 aromatic rings. The number of sulfonamides is 1. The monoisotopic (exact) mass is 1060 g/mol. The van der Waals surface area contributed by atoms with Crippen LogP contribution in [-0.4, -0.2) is 52.5 Å². The van der Waals surface area contributed by atoms with E-state index in [0.717, 1.165) is 12.1 Å². The van der Waals surface area contributed by atoms with Gasteiger partial charge in [-0.25, -0.2) is 21.8 Å². The third-order valence-corrected chi connectivity index (χ3v) is 13.7. The number of halogens is 1. The Morgan fingerprint density at radius 2 is 1.35 bits per heavy atom. The Bertz CT molecular complexity index is 3530. The van der Waals surface area contributed by atoms with E-state index in [0.29, 0.717) is 40.6 Å². The summed E-state index contributed by atoms with van der Waals surface area (Å²) in [6.45, 7) is 0. The first-order valence-electron chi connectivity index (χ1n) is 18.4. The summed E-state index contributed by atoms with van der Waals surface area (Å²) in [5.74, 6) is -1.11. The zero-order chi connectivity index (χ0) is 46.5. The number of amidine groups is 1. The van der Waals surface area contributed by atoms with Crippen molar-refractivity contribution in [1.82, 2.24) is 24.2 Å². The summed E-state index contributed by atoms with van der Waals surface area (Å²) < 4.78 is 75.1. The van der Waals surface area contributed by atoms with Gasteiger partial charge in [0.1, 0.15) is 15.0 Å². The smallest absolute Gasteiger partial charge is 0.744 e. The molecule has 9 rings (SSSR count). The number of aryl methyl sites for hydroxylation is 1. The molecule has 2 aromatic heterocycles. The first-order chi connectivity index (χ1) is 31.6.